The van der Waals surface area contributed by atoms with Gasteiger partial charge in [-0.15, -0.1) is 0 Å². The third kappa shape index (κ3) is 1.94. The van der Waals surface area contributed by atoms with Gasteiger partial charge >= 0.3 is 0 Å². The molecule has 0 aromatic carbocycles. The van der Waals surface area contributed by atoms with E-state index in [1.54, 1.807) is 6.20 Å². The van der Waals surface area contributed by atoms with E-state index in [0.29, 0.717) is 13.1 Å². The molecule has 3 N–H and O–H groups in total. The molecular formula is C16H19N5O. The number of nitrogens with two attached hydrogens (primary N) is 1. The molecule has 1 unspecified atom stereocenters. The fraction of sp³-hybridized carbons (Fsp3) is 0.438. The van der Waals surface area contributed by atoms with Crippen LogP contribution in [-0.4, -0.2) is 33.8 Å². The van der Waals surface area contributed by atoms with Crippen LogP contribution in [-0.2, 0) is 12.8 Å². The zero-order valence-electron chi connectivity index (χ0n) is 12.4. The molecule has 0 spiro atoms. The van der Waals surface area contributed by atoms with E-state index < -0.39 is 0 Å². The zero-order chi connectivity index (χ0) is 15.1. The lowest BCUT2D eigenvalue weighted by atomic mass is 9.90. The molecule has 2 aliphatic rings. The zero-order valence-corrected chi connectivity index (χ0v) is 12.4. The molecule has 1 aliphatic carbocycles. The van der Waals surface area contributed by atoms with E-state index in [-0.39, 0.29) is 11.9 Å². The maximum Gasteiger partial charge on any atom is 0.269 e. The van der Waals surface area contributed by atoms with Crippen LogP contribution in [0, 0.1) is 0 Å². The first kappa shape index (κ1) is 13.5. The Morgan fingerprint density at radius 2 is 2.32 bits per heavy atom. The molecule has 6 heteroatoms. The van der Waals surface area contributed by atoms with Gasteiger partial charge in [-0.3, -0.25) is 14.5 Å². The number of aromatic nitrogens is 3. The highest BCUT2D eigenvalue weighted by atomic mass is 16.2. The summed E-state index contributed by atoms with van der Waals surface area (Å²) in [6.45, 7) is 1.30. The van der Waals surface area contributed by atoms with Crippen LogP contribution in [0.3, 0.4) is 0 Å². The van der Waals surface area contributed by atoms with Crippen molar-refractivity contribution in [1.29, 1.82) is 0 Å². The van der Waals surface area contributed by atoms with Crippen LogP contribution in [0.2, 0.25) is 0 Å². The lowest BCUT2D eigenvalue weighted by Gasteiger charge is -2.25. The third-order valence-corrected chi connectivity index (χ3v) is 4.61. The molecule has 0 saturated carbocycles. The summed E-state index contributed by atoms with van der Waals surface area (Å²) in [6.07, 6.45) is 7.33. The van der Waals surface area contributed by atoms with Gasteiger partial charge in [0.1, 0.15) is 5.69 Å². The average Bonchev–Trinajstić information content (AvgIpc) is 2.95. The Bertz CT molecular complexity index is 736. The average molecular weight is 297 g/mol. The van der Waals surface area contributed by atoms with Crippen LogP contribution in [0.25, 0.3) is 11.3 Å². The predicted molar refractivity (Wildman–Crippen MR) is 82.5 cm³/mol. The fourth-order valence-electron chi connectivity index (χ4n) is 3.50. The van der Waals surface area contributed by atoms with E-state index in [9.17, 15) is 4.79 Å². The van der Waals surface area contributed by atoms with Crippen molar-refractivity contribution in [3.63, 3.8) is 0 Å². The van der Waals surface area contributed by atoms with Gasteiger partial charge in [-0.25, -0.2) is 0 Å². The number of hydrogen-bond donors (Lipinski definition) is 2. The number of nitrogens with zero attached hydrogens (tertiary/aromatic N) is 3. The topological polar surface area (TPSA) is 85.8 Å². The van der Waals surface area contributed by atoms with Gasteiger partial charge in [-0.2, -0.15) is 5.10 Å². The summed E-state index contributed by atoms with van der Waals surface area (Å²) in [4.78, 5) is 16.5. The highest BCUT2D eigenvalue weighted by molar-refractivity contribution is 5.97. The molecule has 1 atom stereocenters. The fourth-order valence-corrected chi connectivity index (χ4v) is 3.50. The van der Waals surface area contributed by atoms with Crippen molar-refractivity contribution < 1.29 is 4.79 Å². The second-order valence-electron chi connectivity index (χ2n) is 5.95. The lowest BCUT2D eigenvalue weighted by molar-refractivity contribution is 0.0905. The maximum atomic E-state index is 12.3. The van der Waals surface area contributed by atoms with E-state index in [0.717, 1.165) is 48.2 Å². The van der Waals surface area contributed by atoms with Crippen molar-refractivity contribution in [2.45, 2.75) is 31.7 Å². The van der Waals surface area contributed by atoms with E-state index >= 15 is 0 Å². The quantitative estimate of drug-likeness (QED) is 0.887. The molecule has 1 amide bonds. The first-order chi connectivity index (χ1) is 10.8. The van der Waals surface area contributed by atoms with E-state index in [1.165, 1.54) is 5.56 Å². The Labute approximate surface area is 128 Å². The Kier molecular flexibility index (Phi) is 3.18. The highest BCUT2D eigenvalue weighted by Gasteiger charge is 2.33. The Balaban J connectivity index is 1.84. The molecule has 6 nitrogen and oxygen atoms in total. The lowest BCUT2D eigenvalue weighted by Crippen LogP contribution is -2.40. The van der Waals surface area contributed by atoms with Gasteiger partial charge in [0.25, 0.3) is 5.91 Å². The number of aryl methyl sites for hydroxylation is 1. The Morgan fingerprint density at radius 1 is 1.41 bits per heavy atom. The van der Waals surface area contributed by atoms with Crippen molar-refractivity contribution in [2.75, 3.05) is 13.1 Å². The number of nitrogens with one attached hydrogen (secondary N) is 1. The van der Waals surface area contributed by atoms with Crippen molar-refractivity contribution in [1.82, 2.24) is 20.1 Å². The molecule has 1 aliphatic heterocycles. The smallest absolute Gasteiger partial charge is 0.269 e. The van der Waals surface area contributed by atoms with E-state index in [4.69, 9.17) is 10.8 Å². The van der Waals surface area contributed by atoms with Crippen LogP contribution in [0.15, 0.2) is 18.5 Å². The standard InChI is InChI=1S/C16H19N5O/c17-6-1-2-11-9-19-16(22)15-13-4-3-10-8-18-7-5-12(10)14(13)20-21(11)15/h5,7-8,11H,1-4,6,9,17H2,(H,19,22). The van der Waals surface area contributed by atoms with Gasteiger partial charge in [-0.05, 0) is 43.9 Å². The van der Waals surface area contributed by atoms with Gasteiger partial charge in [0.2, 0.25) is 0 Å². The van der Waals surface area contributed by atoms with Crippen molar-refractivity contribution >= 4 is 5.91 Å². The number of carbonyl (C=O) groups excluding carboxylic acids is 1. The van der Waals surface area contributed by atoms with Gasteiger partial charge in [0.15, 0.2) is 0 Å². The summed E-state index contributed by atoms with van der Waals surface area (Å²) in [5.41, 5.74) is 10.7. The highest BCUT2D eigenvalue weighted by Crippen LogP contribution is 2.36. The number of pyridine rings is 1. The molecule has 0 saturated heterocycles. The predicted octanol–water partition coefficient (Wildman–Crippen LogP) is 1.07. The summed E-state index contributed by atoms with van der Waals surface area (Å²) < 4.78 is 1.94. The molecule has 2 aromatic rings. The summed E-state index contributed by atoms with van der Waals surface area (Å²) in [6, 6.07) is 2.20. The van der Waals surface area contributed by atoms with Crippen molar-refractivity contribution in [3.05, 3.63) is 35.3 Å². The first-order valence-corrected chi connectivity index (χ1v) is 7.82. The van der Waals surface area contributed by atoms with Crippen LogP contribution >= 0.6 is 0 Å². The summed E-state index contributed by atoms with van der Waals surface area (Å²) in [5, 5.41) is 7.81. The van der Waals surface area contributed by atoms with Crippen LogP contribution in [0.5, 0.6) is 0 Å². The number of rotatable bonds is 3. The number of hydrogen-bond acceptors (Lipinski definition) is 4. The second-order valence-corrected chi connectivity index (χ2v) is 5.95. The molecule has 4 rings (SSSR count). The molecule has 0 bridgehead atoms. The monoisotopic (exact) mass is 297 g/mol. The molecule has 114 valence electrons. The third-order valence-electron chi connectivity index (χ3n) is 4.61. The van der Waals surface area contributed by atoms with Gasteiger partial charge in [0, 0.05) is 30.1 Å². The van der Waals surface area contributed by atoms with Crippen LogP contribution in [0.1, 0.15) is 40.5 Å². The SMILES string of the molecule is NCCCC1CNC(=O)c2c3c(nn21)-c1ccncc1CC3. The van der Waals surface area contributed by atoms with E-state index in [2.05, 4.69) is 10.3 Å². The summed E-state index contributed by atoms with van der Waals surface area (Å²) in [7, 11) is 0. The molecule has 22 heavy (non-hydrogen) atoms. The molecule has 3 heterocycles. The Morgan fingerprint density at radius 3 is 3.18 bits per heavy atom. The minimum Gasteiger partial charge on any atom is -0.349 e. The first-order valence-electron chi connectivity index (χ1n) is 7.82. The second kappa shape index (κ2) is 5.21. The largest absolute Gasteiger partial charge is 0.349 e. The molecule has 2 aromatic heterocycles. The molecule has 0 fully saturated rings. The van der Waals surface area contributed by atoms with Crippen molar-refractivity contribution in [2.24, 2.45) is 5.73 Å². The number of fused-ring (bicyclic) bond motifs is 5. The van der Waals surface area contributed by atoms with Crippen LogP contribution in [0.4, 0.5) is 0 Å². The Hall–Kier alpha value is -2.21. The number of amides is 1. The van der Waals surface area contributed by atoms with E-state index in [1.807, 2.05) is 16.9 Å². The summed E-state index contributed by atoms with van der Waals surface area (Å²) in [5.74, 6) is -0.00439. The molecular weight excluding hydrogens is 278 g/mol. The van der Waals surface area contributed by atoms with Gasteiger partial charge in [0.05, 0.1) is 11.7 Å². The minimum atomic E-state index is -0.00439. The number of carbonyl (C=O) groups is 1. The van der Waals surface area contributed by atoms with Crippen molar-refractivity contribution in [3.8, 4) is 11.3 Å². The van der Waals surface area contributed by atoms with Gasteiger partial charge in [-0.1, -0.05) is 0 Å². The summed E-state index contributed by atoms with van der Waals surface area (Å²) >= 11 is 0. The normalized spacial score (nSPS) is 19.1. The maximum absolute atomic E-state index is 12.3. The minimum absolute atomic E-state index is 0.00439. The molecule has 0 radical (unpaired) electrons. The van der Waals surface area contributed by atoms with Crippen LogP contribution < -0.4 is 11.1 Å². The van der Waals surface area contributed by atoms with Gasteiger partial charge < -0.3 is 11.1 Å².